The SMILES string of the molecule is COc1ccc(C)cc1NC(=O)COC(=O)[C@@H](Cc1ccccc1)n1cnnn1. The van der Waals surface area contributed by atoms with Crippen LogP contribution in [0.2, 0.25) is 0 Å². The van der Waals surface area contributed by atoms with E-state index in [1.807, 2.05) is 43.3 Å². The van der Waals surface area contributed by atoms with Crippen LogP contribution in [-0.2, 0) is 20.7 Å². The first-order valence-electron chi connectivity index (χ1n) is 8.94. The predicted octanol–water partition coefficient (Wildman–Crippen LogP) is 1.96. The van der Waals surface area contributed by atoms with E-state index in [2.05, 4.69) is 20.8 Å². The lowest BCUT2D eigenvalue weighted by atomic mass is 10.1. The van der Waals surface area contributed by atoms with Gasteiger partial charge < -0.3 is 14.8 Å². The highest BCUT2D eigenvalue weighted by Crippen LogP contribution is 2.25. The number of methoxy groups -OCH3 is 1. The van der Waals surface area contributed by atoms with E-state index in [1.54, 1.807) is 12.1 Å². The molecule has 1 heterocycles. The van der Waals surface area contributed by atoms with Crippen molar-refractivity contribution in [3.63, 3.8) is 0 Å². The molecule has 3 rings (SSSR count). The zero-order chi connectivity index (χ0) is 20.6. The van der Waals surface area contributed by atoms with Crippen molar-refractivity contribution in [1.82, 2.24) is 20.2 Å². The molecule has 29 heavy (non-hydrogen) atoms. The number of carbonyl (C=O) groups is 2. The average molecular weight is 395 g/mol. The van der Waals surface area contributed by atoms with Crippen LogP contribution in [0, 0.1) is 6.92 Å². The first kappa shape index (κ1) is 20.0. The number of esters is 1. The third-order valence-electron chi connectivity index (χ3n) is 4.20. The van der Waals surface area contributed by atoms with Gasteiger partial charge in [-0.15, -0.1) is 5.10 Å². The van der Waals surface area contributed by atoms with Gasteiger partial charge in [0.15, 0.2) is 12.6 Å². The highest BCUT2D eigenvalue weighted by Gasteiger charge is 2.25. The lowest BCUT2D eigenvalue weighted by Gasteiger charge is -2.16. The van der Waals surface area contributed by atoms with Crippen LogP contribution in [0.15, 0.2) is 54.9 Å². The fraction of sp³-hybridized carbons (Fsp3) is 0.250. The van der Waals surface area contributed by atoms with Gasteiger partial charge in [0.1, 0.15) is 12.1 Å². The van der Waals surface area contributed by atoms with Gasteiger partial charge in [-0.25, -0.2) is 9.48 Å². The Morgan fingerprint density at radius 1 is 1.17 bits per heavy atom. The molecule has 150 valence electrons. The monoisotopic (exact) mass is 395 g/mol. The molecular formula is C20H21N5O4. The Hall–Kier alpha value is -3.75. The lowest BCUT2D eigenvalue weighted by Crippen LogP contribution is -2.28. The highest BCUT2D eigenvalue weighted by atomic mass is 16.5. The van der Waals surface area contributed by atoms with E-state index in [0.717, 1.165) is 11.1 Å². The normalized spacial score (nSPS) is 11.5. The summed E-state index contributed by atoms with van der Waals surface area (Å²) in [5, 5.41) is 13.6. The molecule has 0 unspecified atom stereocenters. The Labute approximate surface area is 167 Å². The van der Waals surface area contributed by atoms with Crippen molar-refractivity contribution in [1.29, 1.82) is 0 Å². The number of carbonyl (C=O) groups excluding carboxylic acids is 2. The molecule has 0 saturated carbocycles. The van der Waals surface area contributed by atoms with E-state index in [0.29, 0.717) is 17.9 Å². The lowest BCUT2D eigenvalue weighted by molar-refractivity contribution is -0.151. The molecule has 0 aliphatic heterocycles. The second kappa shape index (κ2) is 9.45. The van der Waals surface area contributed by atoms with Gasteiger partial charge in [0, 0.05) is 6.42 Å². The van der Waals surface area contributed by atoms with E-state index in [9.17, 15) is 9.59 Å². The summed E-state index contributed by atoms with van der Waals surface area (Å²) < 4.78 is 11.8. The summed E-state index contributed by atoms with van der Waals surface area (Å²) in [6.45, 7) is 1.46. The van der Waals surface area contributed by atoms with E-state index in [-0.39, 0.29) is 0 Å². The average Bonchev–Trinajstić information content (AvgIpc) is 3.26. The number of anilines is 1. The molecule has 1 amide bonds. The highest BCUT2D eigenvalue weighted by molar-refractivity contribution is 5.94. The number of hydrogen-bond donors (Lipinski definition) is 1. The molecular weight excluding hydrogens is 374 g/mol. The van der Waals surface area contributed by atoms with Crippen LogP contribution in [0.4, 0.5) is 5.69 Å². The van der Waals surface area contributed by atoms with Crippen molar-refractivity contribution in [2.75, 3.05) is 19.0 Å². The van der Waals surface area contributed by atoms with Crippen molar-refractivity contribution >= 4 is 17.6 Å². The first-order chi connectivity index (χ1) is 14.1. The zero-order valence-electron chi connectivity index (χ0n) is 16.1. The molecule has 0 spiro atoms. The molecule has 1 atom stereocenters. The predicted molar refractivity (Wildman–Crippen MR) is 104 cm³/mol. The molecule has 9 nitrogen and oxygen atoms in total. The minimum Gasteiger partial charge on any atom is -0.495 e. The Bertz CT molecular complexity index is 960. The number of nitrogens with one attached hydrogen (secondary N) is 1. The second-order valence-corrected chi connectivity index (χ2v) is 6.35. The number of aryl methyl sites for hydroxylation is 1. The summed E-state index contributed by atoms with van der Waals surface area (Å²) in [6.07, 6.45) is 1.67. The fourth-order valence-corrected chi connectivity index (χ4v) is 2.77. The van der Waals surface area contributed by atoms with Crippen molar-refractivity contribution in [2.24, 2.45) is 0 Å². The topological polar surface area (TPSA) is 108 Å². The molecule has 0 fully saturated rings. The molecule has 0 aliphatic carbocycles. The molecule has 0 aliphatic rings. The smallest absolute Gasteiger partial charge is 0.331 e. The summed E-state index contributed by atoms with van der Waals surface area (Å²) in [7, 11) is 1.51. The molecule has 0 bridgehead atoms. The quantitative estimate of drug-likeness (QED) is 0.581. The molecule has 9 heteroatoms. The van der Waals surface area contributed by atoms with Crippen molar-refractivity contribution in [2.45, 2.75) is 19.4 Å². The van der Waals surface area contributed by atoms with Gasteiger partial charge in [-0.1, -0.05) is 36.4 Å². The second-order valence-electron chi connectivity index (χ2n) is 6.35. The molecule has 2 aromatic carbocycles. The van der Waals surface area contributed by atoms with Gasteiger partial charge >= 0.3 is 5.97 Å². The van der Waals surface area contributed by atoms with Crippen LogP contribution in [0.1, 0.15) is 17.2 Å². The Balaban J connectivity index is 1.64. The Morgan fingerprint density at radius 3 is 2.66 bits per heavy atom. The fourth-order valence-electron chi connectivity index (χ4n) is 2.77. The van der Waals surface area contributed by atoms with Crippen LogP contribution >= 0.6 is 0 Å². The van der Waals surface area contributed by atoms with E-state index < -0.39 is 24.5 Å². The maximum Gasteiger partial charge on any atom is 0.331 e. The summed E-state index contributed by atoms with van der Waals surface area (Å²) in [5.74, 6) is -0.559. The van der Waals surface area contributed by atoms with Gasteiger partial charge in [-0.3, -0.25) is 4.79 Å². The Kier molecular flexibility index (Phi) is 6.51. The third-order valence-corrected chi connectivity index (χ3v) is 4.20. The third kappa shape index (κ3) is 5.38. The minimum atomic E-state index is -0.784. The number of tetrazole rings is 1. The minimum absolute atomic E-state index is 0.331. The molecule has 0 radical (unpaired) electrons. The van der Waals surface area contributed by atoms with Crippen LogP contribution in [0.3, 0.4) is 0 Å². The number of benzene rings is 2. The number of amides is 1. The maximum atomic E-state index is 12.6. The largest absolute Gasteiger partial charge is 0.495 e. The van der Waals surface area contributed by atoms with Crippen molar-refractivity contribution in [3.8, 4) is 5.75 Å². The van der Waals surface area contributed by atoms with Gasteiger partial charge in [-0.2, -0.15) is 0 Å². The zero-order valence-corrected chi connectivity index (χ0v) is 16.1. The van der Waals surface area contributed by atoms with Crippen molar-refractivity contribution in [3.05, 3.63) is 66.0 Å². The summed E-state index contributed by atoms with van der Waals surface area (Å²) in [4.78, 5) is 24.9. The Morgan fingerprint density at radius 2 is 1.97 bits per heavy atom. The van der Waals surface area contributed by atoms with Gasteiger partial charge in [0.2, 0.25) is 0 Å². The standard InChI is InChI=1S/C20H21N5O4/c1-14-8-9-18(28-2)16(10-14)22-19(26)12-29-20(27)17(25-13-21-23-24-25)11-15-6-4-3-5-7-15/h3-10,13,17H,11-12H2,1-2H3,(H,22,26)/t17-/m1/s1. The van der Waals surface area contributed by atoms with E-state index in [1.165, 1.54) is 18.1 Å². The van der Waals surface area contributed by atoms with Crippen molar-refractivity contribution < 1.29 is 19.1 Å². The first-order valence-corrected chi connectivity index (χ1v) is 8.94. The van der Waals surface area contributed by atoms with Gasteiger partial charge in [0.05, 0.1) is 12.8 Å². The number of nitrogens with zero attached hydrogens (tertiary/aromatic N) is 4. The van der Waals surface area contributed by atoms with Gasteiger partial charge in [-0.05, 0) is 40.6 Å². The number of aromatic nitrogens is 4. The van der Waals surface area contributed by atoms with Gasteiger partial charge in [0.25, 0.3) is 5.91 Å². The van der Waals surface area contributed by atoms with E-state index >= 15 is 0 Å². The van der Waals surface area contributed by atoms with Crippen LogP contribution in [0.5, 0.6) is 5.75 Å². The molecule has 1 N–H and O–H groups in total. The number of hydrogen-bond acceptors (Lipinski definition) is 7. The van der Waals surface area contributed by atoms with E-state index in [4.69, 9.17) is 9.47 Å². The molecule has 3 aromatic rings. The molecule has 1 aromatic heterocycles. The van der Waals surface area contributed by atoms with Crippen LogP contribution in [-0.4, -0.2) is 45.8 Å². The number of ether oxygens (including phenoxy) is 2. The summed E-state index contributed by atoms with van der Waals surface area (Å²) in [6, 6.07) is 14.0. The molecule has 0 saturated heterocycles. The summed E-state index contributed by atoms with van der Waals surface area (Å²) in [5.41, 5.74) is 2.38. The van der Waals surface area contributed by atoms with Crippen LogP contribution < -0.4 is 10.1 Å². The maximum absolute atomic E-state index is 12.6. The van der Waals surface area contributed by atoms with Crippen LogP contribution in [0.25, 0.3) is 0 Å². The number of rotatable bonds is 8. The summed E-state index contributed by atoms with van der Waals surface area (Å²) >= 11 is 0.